The highest BCUT2D eigenvalue weighted by atomic mass is 16.6. The van der Waals surface area contributed by atoms with Crippen LogP contribution in [0.3, 0.4) is 0 Å². The Hall–Kier alpha value is -2.35. The van der Waals surface area contributed by atoms with Crippen molar-refractivity contribution in [1.29, 1.82) is 0 Å². The van der Waals surface area contributed by atoms with Gasteiger partial charge in [-0.2, -0.15) is 5.10 Å². The quantitative estimate of drug-likeness (QED) is 0.438. The first-order chi connectivity index (χ1) is 7.63. The maximum absolute atomic E-state index is 10.7. The number of terminal acetylenes is 1. The molecule has 0 unspecified atom stereocenters. The smallest absolute Gasteiger partial charge is 0.258 e. The van der Waals surface area contributed by atoms with Gasteiger partial charge in [-0.05, 0) is 13.0 Å². The van der Waals surface area contributed by atoms with Crippen molar-refractivity contribution in [2.45, 2.75) is 13.0 Å². The average molecular weight is 215 g/mol. The number of hydrogen-bond donors (Lipinski definition) is 0. The van der Waals surface area contributed by atoms with Crippen molar-refractivity contribution in [3.63, 3.8) is 0 Å². The number of nitro benzene ring substituents is 1. The van der Waals surface area contributed by atoms with Crippen molar-refractivity contribution < 1.29 is 4.92 Å². The summed E-state index contributed by atoms with van der Waals surface area (Å²) in [6.45, 7) is 1.81. The van der Waals surface area contributed by atoms with E-state index in [0.29, 0.717) is 5.52 Å². The van der Waals surface area contributed by atoms with Crippen LogP contribution in [0.2, 0.25) is 0 Å². The fourth-order valence-corrected chi connectivity index (χ4v) is 1.52. The number of nitro groups is 1. The molecule has 0 aliphatic heterocycles. The van der Waals surface area contributed by atoms with Crippen LogP contribution in [0.1, 0.15) is 13.0 Å². The first-order valence-electron chi connectivity index (χ1n) is 4.71. The molecule has 2 aromatic rings. The lowest BCUT2D eigenvalue weighted by molar-refractivity contribution is -0.384. The summed E-state index contributed by atoms with van der Waals surface area (Å²) >= 11 is 0. The third-order valence-electron chi connectivity index (χ3n) is 2.40. The highest BCUT2D eigenvalue weighted by Crippen LogP contribution is 2.22. The summed E-state index contributed by atoms with van der Waals surface area (Å²) in [7, 11) is 0. The molecule has 80 valence electrons. The van der Waals surface area contributed by atoms with E-state index in [4.69, 9.17) is 6.42 Å². The zero-order valence-corrected chi connectivity index (χ0v) is 8.62. The molecule has 0 bridgehead atoms. The lowest BCUT2D eigenvalue weighted by Gasteiger charge is -2.05. The molecule has 1 heterocycles. The normalized spacial score (nSPS) is 12.2. The number of hydrogen-bond acceptors (Lipinski definition) is 3. The highest BCUT2D eigenvalue weighted by molar-refractivity contribution is 5.81. The average Bonchev–Trinajstić information content (AvgIpc) is 2.70. The minimum Gasteiger partial charge on any atom is -0.258 e. The number of aromatic nitrogens is 2. The first-order valence-corrected chi connectivity index (χ1v) is 4.71. The number of nitrogens with zero attached hydrogens (tertiary/aromatic N) is 3. The lowest BCUT2D eigenvalue weighted by Crippen LogP contribution is -2.04. The van der Waals surface area contributed by atoms with Crippen molar-refractivity contribution in [2.75, 3.05) is 0 Å². The fraction of sp³-hybridized carbons (Fsp3) is 0.182. The van der Waals surface area contributed by atoms with Crippen LogP contribution < -0.4 is 0 Å². The summed E-state index contributed by atoms with van der Waals surface area (Å²) in [6, 6.07) is 4.38. The summed E-state index contributed by atoms with van der Waals surface area (Å²) in [6.07, 6.45) is 6.95. The molecule has 5 heteroatoms. The van der Waals surface area contributed by atoms with Gasteiger partial charge in [0, 0.05) is 17.5 Å². The molecule has 1 aromatic heterocycles. The molecule has 0 saturated carbocycles. The topological polar surface area (TPSA) is 61.0 Å². The minimum atomic E-state index is -0.433. The third-order valence-corrected chi connectivity index (χ3v) is 2.40. The minimum absolute atomic E-state index is 0.0403. The molecule has 0 aliphatic rings. The van der Waals surface area contributed by atoms with Crippen molar-refractivity contribution >= 4 is 16.6 Å². The molecule has 16 heavy (non-hydrogen) atoms. The molecule has 5 nitrogen and oxygen atoms in total. The number of non-ortho nitro benzene ring substituents is 1. The molecule has 1 atom stereocenters. The van der Waals surface area contributed by atoms with Crippen molar-refractivity contribution in [3.8, 4) is 12.3 Å². The van der Waals surface area contributed by atoms with E-state index in [1.165, 1.54) is 12.1 Å². The van der Waals surface area contributed by atoms with E-state index in [1.807, 2.05) is 6.92 Å². The molecule has 0 N–H and O–H groups in total. The molecule has 0 spiro atoms. The Morgan fingerprint density at radius 2 is 2.38 bits per heavy atom. The molecule has 0 radical (unpaired) electrons. The Morgan fingerprint density at radius 3 is 3.00 bits per heavy atom. The van der Waals surface area contributed by atoms with E-state index < -0.39 is 4.92 Å². The van der Waals surface area contributed by atoms with Crippen LogP contribution in [0.4, 0.5) is 5.69 Å². The standard InChI is InChI=1S/C11H9N3O2/c1-3-8(2)13-11-6-10(14(15)16)5-4-9(11)7-12-13/h1,4-8H,2H3/t8-/m0/s1. The van der Waals surface area contributed by atoms with E-state index in [9.17, 15) is 10.1 Å². The van der Waals surface area contributed by atoms with Crippen LogP contribution in [0.5, 0.6) is 0 Å². The molecule has 0 fully saturated rings. The van der Waals surface area contributed by atoms with Gasteiger partial charge in [0.05, 0.1) is 16.6 Å². The van der Waals surface area contributed by atoms with Crippen LogP contribution in [0.15, 0.2) is 24.4 Å². The van der Waals surface area contributed by atoms with Crippen molar-refractivity contribution in [3.05, 3.63) is 34.5 Å². The van der Waals surface area contributed by atoms with Gasteiger partial charge in [0.2, 0.25) is 0 Å². The van der Waals surface area contributed by atoms with E-state index >= 15 is 0 Å². The fourth-order valence-electron chi connectivity index (χ4n) is 1.52. The van der Waals surface area contributed by atoms with Gasteiger partial charge in [0.1, 0.15) is 6.04 Å². The summed E-state index contributed by atoms with van der Waals surface area (Å²) < 4.78 is 1.60. The number of benzene rings is 1. The van der Waals surface area contributed by atoms with Crippen LogP contribution in [0.25, 0.3) is 10.9 Å². The van der Waals surface area contributed by atoms with Gasteiger partial charge < -0.3 is 0 Å². The van der Waals surface area contributed by atoms with Crippen molar-refractivity contribution in [1.82, 2.24) is 9.78 Å². The summed E-state index contributed by atoms with van der Waals surface area (Å²) in [5.74, 6) is 2.54. The largest absolute Gasteiger partial charge is 0.271 e. The van der Waals surface area contributed by atoms with Gasteiger partial charge in [-0.3, -0.25) is 10.1 Å². The predicted molar refractivity (Wildman–Crippen MR) is 59.9 cm³/mol. The Morgan fingerprint density at radius 1 is 1.62 bits per heavy atom. The molecule has 0 amide bonds. The second-order valence-corrected chi connectivity index (χ2v) is 3.43. The van der Waals surface area contributed by atoms with Gasteiger partial charge in [-0.15, -0.1) is 6.42 Å². The first kappa shape index (κ1) is 10.2. The predicted octanol–water partition coefficient (Wildman–Crippen LogP) is 2.14. The molecular weight excluding hydrogens is 206 g/mol. The molecule has 2 rings (SSSR count). The van der Waals surface area contributed by atoms with E-state index in [1.54, 1.807) is 16.9 Å². The Kier molecular flexibility index (Phi) is 2.33. The van der Waals surface area contributed by atoms with E-state index in [-0.39, 0.29) is 11.7 Å². The summed E-state index contributed by atoms with van der Waals surface area (Å²) in [5.41, 5.74) is 0.720. The lowest BCUT2D eigenvalue weighted by atomic mass is 10.2. The molecular formula is C11H9N3O2. The monoisotopic (exact) mass is 215 g/mol. The highest BCUT2D eigenvalue weighted by Gasteiger charge is 2.12. The number of rotatable bonds is 2. The third kappa shape index (κ3) is 1.50. The van der Waals surface area contributed by atoms with Gasteiger partial charge in [-0.25, -0.2) is 4.68 Å². The second kappa shape index (κ2) is 3.66. The van der Waals surface area contributed by atoms with Gasteiger partial charge >= 0.3 is 0 Å². The number of fused-ring (bicyclic) bond motifs is 1. The van der Waals surface area contributed by atoms with Gasteiger partial charge in [-0.1, -0.05) is 5.92 Å². The summed E-state index contributed by atoms with van der Waals surface area (Å²) in [4.78, 5) is 10.2. The zero-order chi connectivity index (χ0) is 11.7. The molecule has 1 aromatic carbocycles. The Bertz CT molecular complexity index is 595. The maximum Gasteiger partial charge on any atom is 0.271 e. The Balaban J connectivity index is 2.65. The zero-order valence-electron chi connectivity index (χ0n) is 8.62. The van der Waals surface area contributed by atoms with Crippen LogP contribution >= 0.6 is 0 Å². The second-order valence-electron chi connectivity index (χ2n) is 3.43. The van der Waals surface area contributed by atoms with E-state index in [2.05, 4.69) is 11.0 Å². The van der Waals surface area contributed by atoms with E-state index in [0.717, 1.165) is 5.39 Å². The van der Waals surface area contributed by atoms with Crippen molar-refractivity contribution in [2.24, 2.45) is 0 Å². The summed E-state index contributed by atoms with van der Waals surface area (Å²) in [5, 5.41) is 15.6. The van der Waals surface area contributed by atoms with Gasteiger partial charge in [0.15, 0.2) is 0 Å². The van der Waals surface area contributed by atoms with Gasteiger partial charge in [0.25, 0.3) is 5.69 Å². The SMILES string of the molecule is C#C[C@H](C)n1ncc2ccc([N+](=O)[O-])cc21. The van der Waals surface area contributed by atoms with Crippen LogP contribution in [-0.2, 0) is 0 Å². The maximum atomic E-state index is 10.7. The van der Waals surface area contributed by atoms with Crippen LogP contribution in [-0.4, -0.2) is 14.7 Å². The van der Waals surface area contributed by atoms with Crippen LogP contribution in [0, 0.1) is 22.5 Å². The molecule has 0 aliphatic carbocycles. The molecule has 0 saturated heterocycles. The Labute approximate surface area is 91.8 Å².